The van der Waals surface area contributed by atoms with E-state index >= 15 is 0 Å². The molecule has 13 heavy (non-hydrogen) atoms. The van der Waals surface area contributed by atoms with Gasteiger partial charge in [0.15, 0.2) is 0 Å². The van der Waals surface area contributed by atoms with Gasteiger partial charge in [-0.05, 0) is 0 Å². The molecule has 6 nitrogen and oxygen atoms in total. The van der Waals surface area contributed by atoms with Gasteiger partial charge in [-0.25, -0.2) is 27.8 Å². The van der Waals surface area contributed by atoms with Crippen molar-refractivity contribution in [2.45, 2.75) is 6.92 Å². The topological polar surface area (TPSA) is 101 Å². The normalized spacial score (nSPS) is 10.7. The van der Waals surface area contributed by atoms with Gasteiger partial charge in [-0.15, -0.1) is 10.2 Å². The Kier molecular flexibility index (Phi) is 4.31. The van der Waals surface area contributed by atoms with E-state index < -0.39 is 10.2 Å². The highest BCUT2D eigenvalue weighted by Gasteiger charge is 2.00. The van der Waals surface area contributed by atoms with Crippen LogP contribution in [-0.2, 0) is 14.1 Å². The Morgan fingerprint density at radius 1 is 1.31 bits per heavy atom. The molecule has 0 spiro atoms. The number of halogens is 1. The van der Waals surface area contributed by atoms with Crippen molar-refractivity contribution in [3.8, 4) is 0 Å². The smallest absolute Gasteiger partial charge is 0.237 e. The van der Waals surface area contributed by atoms with Crippen LogP contribution in [0.5, 0.6) is 0 Å². The van der Waals surface area contributed by atoms with Crippen LogP contribution in [0, 0.1) is 17.2 Å². The fraction of sp³-hybridized carbons (Fsp3) is 0.500. The molecule has 1 heterocycles. The van der Waals surface area contributed by atoms with Crippen molar-refractivity contribution in [1.29, 1.82) is 0 Å². The zero-order valence-electron chi connectivity index (χ0n) is 7.56. The first-order valence-electron chi connectivity index (χ1n) is 3.31. The van der Waals surface area contributed by atoms with Gasteiger partial charge in [-0.1, -0.05) is 0 Å². The zero-order valence-corrected chi connectivity index (χ0v) is 8.32. The molecule has 1 aromatic heterocycles. The van der Waals surface area contributed by atoms with Crippen molar-refractivity contribution >= 4 is 0 Å². The van der Waals surface area contributed by atoms with Crippen LogP contribution in [0.2, 0.25) is 0 Å². The molecule has 0 radical (unpaired) electrons. The van der Waals surface area contributed by atoms with Crippen LogP contribution in [0.4, 0.5) is 0 Å². The second-order valence-corrected chi connectivity index (χ2v) is 3.20. The summed E-state index contributed by atoms with van der Waals surface area (Å²) in [6, 6.07) is 0. The van der Waals surface area contributed by atoms with E-state index in [-0.39, 0.29) is 0 Å². The minimum Gasteiger partial charge on any atom is -0.237 e. The van der Waals surface area contributed by atoms with Gasteiger partial charge in [-0.3, -0.25) is 0 Å². The number of hydrogen-bond acceptors (Lipinski definition) is 4. The molecule has 0 aliphatic rings. The van der Waals surface area contributed by atoms with Gasteiger partial charge >= 0.3 is 0 Å². The maximum Gasteiger partial charge on any atom is 0.252 e. The van der Waals surface area contributed by atoms with Gasteiger partial charge in [-0.2, -0.15) is 0 Å². The lowest BCUT2D eigenvalue weighted by molar-refractivity contribution is -2.00. The molecule has 0 aliphatic heterocycles. The first-order chi connectivity index (χ1) is 5.72. The van der Waals surface area contributed by atoms with E-state index in [1.165, 1.54) is 5.82 Å². The van der Waals surface area contributed by atoms with E-state index in [0.29, 0.717) is 0 Å². The predicted octanol–water partition coefficient (Wildman–Crippen LogP) is -4.60. The highest BCUT2D eigenvalue weighted by Crippen LogP contribution is 1.84. The van der Waals surface area contributed by atoms with Crippen molar-refractivity contribution in [2.24, 2.45) is 14.1 Å². The molecule has 0 N–H and O–H groups in total. The number of hydrogen-bond donors (Lipinski definition) is 0. The van der Waals surface area contributed by atoms with Gasteiger partial charge in [0.1, 0.15) is 12.4 Å². The highest BCUT2D eigenvalue weighted by molar-refractivity contribution is 4.75. The van der Waals surface area contributed by atoms with E-state index in [2.05, 4.69) is 16.1 Å². The lowest BCUT2D eigenvalue weighted by atomic mass is 10.7. The van der Waals surface area contributed by atoms with Crippen LogP contribution >= 0.6 is 0 Å². The maximum absolute atomic E-state index is 8.49. The summed E-state index contributed by atoms with van der Waals surface area (Å²) in [5, 5.41) is 0. The molecule has 0 amide bonds. The number of nitrogens with zero attached hydrogens (tertiary/aromatic N) is 2. The summed E-state index contributed by atoms with van der Waals surface area (Å²) in [6.45, 7) is 2.08. The van der Waals surface area contributed by atoms with Crippen LogP contribution in [0.3, 0.4) is 0 Å². The van der Waals surface area contributed by atoms with Crippen LogP contribution in [-0.4, -0.2) is 4.57 Å². The van der Waals surface area contributed by atoms with Gasteiger partial charge in [0.2, 0.25) is 0 Å². The van der Waals surface area contributed by atoms with Crippen molar-refractivity contribution < 1.29 is 33.4 Å². The summed E-state index contributed by atoms with van der Waals surface area (Å²) < 4.78 is 38.1. The third kappa shape index (κ3) is 6.50. The van der Waals surface area contributed by atoms with Gasteiger partial charge in [0.05, 0.1) is 14.1 Å². The third-order valence-electron chi connectivity index (χ3n) is 1.53. The zero-order chi connectivity index (χ0) is 10.6. The van der Waals surface area contributed by atoms with Gasteiger partial charge in [0.25, 0.3) is 5.82 Å². The van der Waals surface area contributed by atoms with Crippen molar-refractivity contribution in [1.82, 2.24) is 4.57 Å². The average Bonchev–Trinajstić information content (AvgIpc) is 2.16. The molecule has 76 valence electrons. The minimum absolute atomic E-state index is 1.27. The van der Waals surface area contributed by atoms with Crippen molar-refractivity contribution in [3.05, 3.63) is 18.2 Å². The second-order valence-electron chi connectivity index (χ2n) is 2.45. The molecular formula is C6H11ClN2O4. The Morgan fingerprint density at radius 3 is 1.77 bits per heavy atom. The van der Waals surface area contributed by atoms with Gasteiger partial charge in [0, 0.05) is 6.92 Å². The van der Waals surface area contributed by atoms with E-state index in [0.717, 1.165) is 0 Å². The lowest BCUT2D eigenvalue weighted by Gasteiger charge is -2.17. The summed E-state index contributed by atoms with van der Waals surface area (Å²) in [7, 11) is -0.870. The van der Waals surface area contributed by atoms with E-state index in [4.69, 9.17) is 18.6 Å². The minimum atomic E-state index is -4.94. The van der Waals surface area contributed by atoms with Crippen LogP contribution < -0.4 is 23.2 Å². The molecule has 0 unspecified atom stereocenters. The molecule has 0 aliphatic carbocycles. The Labute approximate surface area is 78.0 Å². The highest BCUT2D eigenvalue weighted by atomic mass is 35.7. The van der Waals surface area contributed by atoms with Crippen LogP contribution in [0.1, 0.15) is 5.82 Å². The molecule has 0 saturated carbocycles. The van der Waals surface area contributed by atoms with E-state index in [1.54, 1.807) is 0 Å². The first kappa shape index (κ1) is 12.3. The maximum atomic E-state index is 8.49. The molecule has 0 fully saturated rings. The molecule has 1 aromatic rings. The molecular weight excluding hydrogens is 200 g/mol. The summed E-state index contributed by atoms with van der Waals surface area (Å²) in [5.41, 5.74) is 0. The molecule has 7 heteroatoms. The van der Waals surface area contributed by atoms with Crippen LogP contribution in [0.25, 0.3) is 0 Å². The predicted molar refractivity (Wildman–Crippen MR) is 31.3 cm³/mol. The molecule has 1 rings (SSSR count). The number of aromatic nitrogens is 2. The quantitative estimate of drug-likeness (QED) is 0.402. The van der Waals surface area contributed by atoms with E-state index in [9.17, 15) is 0 Å². The molecule has 0 aromatic carbocycles. The Morgan fingerprint density at radius 2 is 1.69 bits per heavy atom. The summed E-state index contributed by atoms with van der Waals surface area (Å²) in [5.74, 6) is 1.27. The lowest BCUT2D eigenvalue weighted by Crippen LogP contribution is -2.68. The number of rotatable bonds is 0. The Balaban J connectivity index is 0.000000252. The monoisotopic (exact) mass is 210 g/mol. The van der Waals surface area contributed by atoms with Crippen molar-refractivity contribution in [2.75, 3.05) is 0 Å². The molecule has 0 atom stereocenters. The number of imidazole rings is 1. The van der Waals surface area contributed by atoms with E-state index in [1.807, 2.05) is 26.5 Å². The summed E-state index contributed by atoms with van der Waals surface area (Å²) in [6.07, 6.45) is 4.07. The number of aryl methyl sites for hydroxylation is 2. The standard InChI is InChI=1S/C6H11N2.ClHO4/c1-6-7(2)4-5-8(6)3;2-1(3,4)5/h4-5H,1-3H3;(H,2,3,4,5)/q+1;/p-1. The Bertz CT molecular complexity index is 243. The largest absolute Gasteiger partial charge is 0.252 e. The first-order valence-corrected chi connectivity index (χ1v) is 4.54. The average molecular weight is 211 g/mol. The van der Waals surface area contributed by atoms with Crippen molar-refractivity contribution in [3.63, 3.8) is 0 Å². The van der Waals surface area contributed by atoms with Gasteiger partial charge < -0.3 is 0 Å². The molecule has 0 bridgehead atoms. The fourth-order valence-corrected chi connectivity index (χ4v) is 0.665. The van der Waals surface area contributed by atoms with Crippen LogP contribution in [0.15, 0.2) is 12.4 Å². The summed E-state index contributed by atoms with van der Waals surface area (Å²) >= 11 is 0. The SMILES string of the molecule is Cc1n(C)cc[n+]1C.[O-][Cl+3]([O-])([O-])[O-]. The fourth-order valence-electron chi connectivity index (χ4n) is 0.665. The Hall–Kier alpha value is -0.660. The summed E-state index contributed by atoms with van der Waals surface area (Å²) in [4.78, 5) is 0. The second kappa shape index (κ2) is 4.54. The molecule has 0 saturated heterocycles. The third-order valence-corrected chi connectivity index (χ3v) is 1.53.